The molecule has 1 saturated heterocycles. The van der Waals surface area contributed by atoms with Crippen LogP contribution in [0, 0.1) is 5.41 Å². The topological polar surface area (TPSA) is 32.3 Å². The molecule has 1 fully saturated rings. The van der Waals surface area contributed by atoms with Gasteiger partial charge in [-0.25, -0.2) is 0 Å². The highest BCUT2D eigenvalue weighted by Gasteiger charge is 2.32. The summed E-state index contributed by atoms with van der Waals surface area (Å²) in [5.74, 6) is 0.263. The third kappa shape index (κ3) is 3.98. The molecule has 0 radical (unpaired) electrons. The van der Waals surface area contributed by atoms with Gasteiger partial charge in [-0.15, -0.1) is 0 Å². The Morgan fingerprint density at radius 3 is 2.18 bits per heavy atom. The Balaban J connectivity index is 2.38. The van der Waals surface area contributed by atoms with Crippen LogP contribution in [0.5, 0.6) is 0 Å². The van der Waals surface area contributed by atoms with Crippen molar-refractivity contribution in [3.63, 3.8) is 0 Å². The molecule has 1 rings (SSSR count). The molecule has 0 saturated carbocycles. The van der Waals surface area contributed by atoms with Gasteiger partial charge in [0.1, 0.15) is 0 Å². The molecule has 0 unspecified atom stereocenters. The summed E-state index contributed by atoms with van der Waals surface area (Å²) in [5, 5.41) is 3.20. The van der Waals surface area contributed by atoms with Crippen molar-refractivity contribution in [1.82, 2.24) is 10.2 Å². The van der Waals surface area contributed by atoms with Crippen molar-refractivity contribution >= 4 is 5.91 Å². The Bertz CT molecular complexity index is 237. The molecule has 1 heterocycles. The summed E-state index contributed by atoms with van der Waals surface area (Å²) in [5.41, 5.74) is 0.502. The molecule has 3 heteroatoms. The molecule has 0 aromatic carbocycles. The minimum atomic E-state index is 0.263. The lowest BCUT2D eigenvalue weighted by Crippen LogP contribution is -2.46. The van der Waals surface area contributed by atoms with Crippen LogP contribution in [0.1, 0.15) is 53.4 Å². The fourth-order valence-electron chi connectivity index (χ4n) is 2.59. The normalized spacial score (nSPS) is 19.7. The van der Waals surface area contributed by atoms with Crippen molar-refractivity contribution in [3.8, 4) is 0 Å². The van der Waals surface area contributed by atoms with Crippen molar-refractivity contribution in [2.75, 3.05) is 19.6 Å². The molecular weight excluding hydrogens is 212 g/mol. The minimum absolute atomic E-state index is 0.263. The summed E-state index contributed by atoms with van der Waals surface area (Å²) < 4.78 is 0. The van der Waals surface area contributed by atoms with Gasteiger partial charge in [-0.2, -0.15) is 0 Å². The Morgan fingerprint density at radius 2 is 1.76 bits per heavy atom. The molecule has 0 aliphatic carbocycles. The monoisotopic (exact) mass is 240 g/mol. The predicted octanol–water partition coefficient (Wildman–Crippen LogP) is 2.41. The smallest absolute Gasteiger partial charge is 0.236 e. The second kappa shape index (κ2) is 6.39. The molecule has 1 N–H and O–H groups in total. The van der Waals surface area contributed by atoms with Crippen LogP contribution in [-0.2, 0) is 4.79 Å². The highest BCUT2D eigenvalue weighted by Crippen LogP contribution is 2.37. The Hall–Kier alpha value is -0.570. The van der Waals surface area contributed by atoms with E-state index in [-0.39, 0.29) is 5.91 Å². The SMILES string of the molecule is CCC1(CC)CCN(C(=O)CNC(C)C)CC1. The maximum Gasteiger partial charge on any atom is 0.236 e. The van der Waals surface area contributed by atoms with Gasteiger partial charge in [0.2, 0.25) is 5.91 Å². The first kappa shape index (κ1) is 14.5. The first-order valence-corrected chi connectivity index (χ1v) is 7.04. The quantitative estimate of drug-likeness (QED) is 0.800. The van der Waals surface area contributed by atoms with Crippen molar-refractivity contribution in [1.29, 1.82) is 0 Å². The van der Waals surface area contributed by atoms with Crippen LogP contribution in [0.15, 0.2) is 0 Å². The summed E-state index contributed by atoms with van der Waals surface area (Å²) >= 11 is 0. The molecule has 0 aromatic heterocycles. The lowest BCUT2D eigenvalue weighted by atomic mass is 9.74. The van der Waals surface area contributed by atoms with Crippen LogP contribution in [0.2, 0.25) is 0 Å². The molecule has 1 amide bonds. The molecule has 17 heavy (non-hydrogen) atoms. The molecule has 100 valence electrons. The molecule has 0 bridgehead atoms. The molecular formula is C14H28N2O. The van der Waals surface area contributed by atoms with E-state index in [9.17, 15) is 4.79 Å². The van der Waals surface area contributed by atoms with Gasteiger partial charge in [0, 0.05) is 19.1 Å². The maximum atomic E-state index is 12.0. The number of hydrogen-bond donors (Lipinski definition) is 1. The van der Waals surface area contributed by atoms with E-state index in [1.807, 2.05) is 4.90 Å². The Morgan fingerprint density at radius 1 is 1.24 bits per heavy atom. The fraction of sp³-hybridized carbons (Fsp3) is 0.929. The number of nitrogens with one attached hydrogen (secondary N) is 1. The van der Waals surface area contributed by atoms with Gasteiger partial charge in [-0.1, -0.05) is 40.5 Å². The first-order chi connectivity index (χ1) is 8.03. The molecule has 0 atom stereocenters. The number of carbonyl (C=O) groups is 1. The van der Waals surface area contributed by atoms with Gasteiger partial charge in [-0.05, 0) is 18.3 Å². The Kier molecular flexibility index (Phi) is 5.44. The van der Waals surface area contributed by atoms with Crippen molar-refractivity contribution < 1.29 is 4.79 Å². The molecule has 0 spiro atoms. The number of amides is 1. The lowest BCUT2D eigenvalue weighted by molar-refractivity contribution is -0.132. The molecule has 3 nitrogen and oxygen atoms in total. The highest BCUT2D eigenvalue weighted by atomic mass is 16.2. The summed E-state index contributed by atoms with van der Waals surface area (Å²) in [6.07, 6.45) is 4.84. The predicted molar refractivity (Wildman–Crippen MR) is 72.0 cm³/mol. The van der Waals surface area contributed by atoms with Gasteiger partial charge in [0.15, 0.2) is 0 Å². The average molecular weight is 240 g/mol. The zero-order chi connectivity index (χ0) is 12.9. The van der Waals surface area contributed by atoms with E-state index in [0.717, 1.165) is 13.1 Å². The summed E-state index contributed by atoms with van der Waals surface area (Å²) in [6.45, 7) is 11.1. The third-order valence-electron chi connectivity index (χ3n) is 4.34. The average Bonchev–Trinajstić information content (AvgIpc) is 2.36. The largest absolute Gasteiger partial charge is 0.342 e. The second-order valence-corrected chi connectivity index (χ2v) is 5.62. The summed E-state index contributed by atoms with van der Waals surface area (Å²) in [4.78, 5) is 14.0. The molecule has 1 aliphatic rings. The number of likely N-dealkylation sites (tertiary alicyclic amines) is 1. The van der Waals surface area contributed by atoms with Crippen LogP contribution >= 0.6 is 0 Å². The van der Waals surface area contributed by atoms with E-state index in [0.29, 0.717) is 18.0 Å². The van der Waals surface area contributed by atoms with E-state index in [1.54, 1.807) is 0 Å². The second-order valence-electron chi connectivity index (χ2n) is 5.62. The van der Waals surface area contributed by atoms with Gasteiger partial charge in [-0.3, -0.25) is 4.79 Å². The van der Waals surface area contributed by atoms with Crippen LogP contribution in [0.4, 0.5) is 0 Å². The van der Waals surface area contributed by atoms with E-state index >= 15 is 0 Å². The van der Waals surface area contributed by atoms with E-state index < -0.39 is 0 Å². The number of nitrogens with zero attached hydrogens (tertiary/aromatic N) is 1. The number of rotatable bonds is 5. The summed E-state index contributed by atoms with van der Waals surface area (Å²) in [7, 11) is 0. The van der Waals surface area contributed by atoms with Crippen LogP contribution < -0.4 is 5.32 Å². The number of carbonyl (C=O) groups excluding carboxylic acids is 1. The van der Waals surface area contributed by atoms with E-state index in [4.69, 9.17) is 0 Å². The first-order valence-electron chi connectivity index (χ1n) is 7.04. The zero-order valence-electron chi connectivity index (χ0n) is 11.9. The van der Waals surface area contributed by atoms with Crippen molar-refractivity contribution in [2.45, 2.75) is 59.4 Å². The van der Waals surface area contributed by atoms with Crippen LogP contribution in [0.3, 0.4) is 0 Å². The number of piperidine rings is 1. The molecule has 1 aliphatic heterocycles. The van der Waals surface area contributed by atoms with Gasteiger partial charge in [0.25, 0.3) is 0 Å². The lowest BCUT2D eigenvalue weighted by Gasteiger charge is -2.41. The van der Waals surface area contributed by atoms with Crippen molar-refractivity contribution in [2.24, 2.45) is 5.41 Å². The fourth-order valence-corrected chi connectivity index (χ4v) is 2.59. The standard InChI is InChI=1S/C14H28N2O/c1-5-14(6-2)7-9-16(10-8-14)13(17)11-15-12(3)4/h12,15H,5-11H2,1-4H3. The van der Waals surface area contributed by atoms with Gasteiger partial charge >= 0.3 is 0 Å². The maximum absolute atomic E-state index is 12.0. The third-order valence-corrected chi connectivity index (χ3v) is 4.34. The zero-order valence-corrected chi connectivity index (χ0v) is 11.9. The van der Waals surface area contributed by atoms with Gasteiger partial charge < -0.3 is 10.2 Å². The van der Waals surface area contributed by atoms with E-state index in [2.05, 4.69) is 33.0 Å². The number of hydrogen-bond acceptors (Lipinski definition) is 2. The van der Waals surface area contributed by atoms with Gasteiger partial charge in [0.05, 0.1) is 6.54 Å². The Labute approximate surface area is 106 Å². The van der Waals surface area contributed by atoms with Crippen LogP contribution in [0.25, 0.3) is 0 Å². The molecule has 0 aromatic rings. The summed E-state index contributed by atoms with van der Waals surface area (Å²) in [6, 6.07) is 0.383. The van der Waals surface area contributed by atoms with Crippen LogP contribution in [-0.4, -0.2) is 36.5 Å². The highest BCUT2D eigenvalue weighted by molar-refractivity contribution is 5.78. The van der Waals surface area contributed by atoms with Crippen molar-refractivity contribution in [3.05, 3.63) is 0 Å². The van der Waals surface area contributed by atoms with E-state index in [1.165, 1.54) is 25.7 Å². The minimum Gasteiger partial charge on any atom is -0.342 e.